The van der Waals surface area contributed by atoms with Crippen molar-refractivity contribution in [3.05, 3.63) is 64.5 Å². The summed E-state index contributed by atoms with van der Waals surface area (Å²) in [4.78, 5) is 4.29. The lowest BCUT2D eigenvalue weighted by Crippen LogP contribution is -2.20. The third-order valence-electron chi connectivity index (χ3n) is 3.02. The molecule has 0 saturated heterocycles. The maximum atomic E-state index is 13.9. The standard InChI is InChI=1S/C15H16F2N2/c1-9-7-11(8-10(2)19-9)15(18-3)12-5-4-6-13(16)14(12)17/h4-8,15,18H,1-3H3. The van der Waals surface area contributed by atoms with Gasteiger partial charge >= 0.3 is 0 Å². The van der Waals surface area contributed by atoms with E-state index in [1.807, 2.05) is 26.0 Å². The van der Waals surface area contributed by atoms with Crippen molar-refractivity contribution in [2.75, 3.05) is 7.05 Å². The summed E-state index contributed by atoms with van der Waals surface area (Å²) in [7, 11) is 1.72. The lowest BCUT2D eigenvalue weighted by Gasteiger charge is -2.19. The van der Waals surface area contributed by atoms with Crippen LogP contribution in [-0.2, 0) is 0 Å². The van der Waals surface area contributed by atoms with E-state index in [9.17, 15) is 8.78 Å². The van der Waals surface area contributed by atoms with Crippen LogP contribution >= 0.6 is 0 Å². The van der Waals surface area contributed by atoms with Crippen molar-refractivity contribution in [1.82, 2.24) is 10.3 Å². The van der Waals surface area contributed by atoms with Crippen LogP contribution in [0.2, 0.25) is 0 Å². The van der Waals surface area contributed by atoms with Crippen LogP contribution in [-0.4, -0.2) is 12.0 Å². The van der Waals surface area contributed by atoms with Crippen LogP contribution in [0.4, 0.5) is 8.78 Å². The van der Waals surface area contributed by atoms with Gasteiger partial charge in [-0.15, -0.1) is 0 Å². The summed E-state index contributed by atoms with van der Waals surface area (Å²) in [6.07, 6.45) is 0. The van der Waals surface area contributed by atoms with Crippen LogP contribution in [0.25, 0.3) is 0 Å². The van der Waals surface area contributed by atoms with Crippen LogP contribution in [0.1, 0.15) is 28.6 Å². The molecule has 100 valence electrons. The first kappa shape index (κ1) is 13.6. The van der Waals surface area contributed by atoms with E-state index in [-0.39, 0.29) is 0 Å². The first-order valence-corrected chi connectivity index (χ1v) is 6.09. The zero-order chi connectivity index (χ0) is 14.0. The summed E-state index contributed by atoms with van der Waals surface area (Å²) < 4.78 is 27.2. The zero-order valence-electron chi connectivity index (χ0n) is 11.2. The monoisotopic (exact) mass is 262 g/mol. The number of rotatable bonds is 3. The average Bonchev–Trinajstić information content (AvgIpc) is 2.34. The van der Waals surface area contributed by atoms with Crippen LogP contribution < -0.4 is 5.32 Å². The Bertz CT molecular complexity index is 576. The fourth-order valence-corrected chi connectivity index (χ4v) is 2.28. The Morgan fingerprint density at radius 2 is 1.74 bits per heavy atom. The molecule has 1 atom stereocenters. The van der Waals surface area contributed by atoms with Gasteiger partial charge in [-0.25, -0.2) is 8.78 Å². The lowest BCUT2D eigenvalue weighted by molar-refractivity contribution is 0.487. The van der Waals surface area contributed by atoms with E-state index < -0.39 is 17.7 Å². The predicted molar refractivity (Wildman–Crippen MR) is 71.0 cm³/mol. The van der Waals surface area contributed by atoms with Gasteiger partial charge in [0, 0.05) is 17.0 Å². The highest BCUT2D eigenvalue weighted by Crippen LogP contribution is 2.26. The first-order valence-electron chi connectivity index (χ1n) is 6.09. The molecule has 0 fully saturated rings. The van der Waals surface area contributed by atoms with E-state index in [1.54, 1.807) is 13.1 Å². The van der Waals surface area contributed by atoms with Crippen molar-refractivity contribution in [2.45, 2.75) is 19.9 Å². The van der Waals surface area contributed by atoms with Gasteiger partial charge in [-0.2, -0.15) is 0 Å². The minimum atomic E-state index is -0.833. The first-order chi connectivity index (χ1) is 9.02. The molecule has 1 unspecified atom stereocenters. The summed E-state index contributed by atoms with van der Waals surface area (Å²) in [5, 5.41) is 3.02. The van der Waals surface area contributed by atoms with Gasteiger partial charge in [0.15, 0.2) is 11.6 Å². The van der Waals surface area contributed by atoms with Gasteiger partial charge < -0.3 is 5.32 Å². The molecule has 1 aromatic carbocycles. The third-order valence-corrected chi connectivity index (χ3v) is 3.02. The van der Waals surface area contributed by atoms with Gasteiger partial charge in [-0.1, -0.05) is 12.1 Å². The summed E-state index contributed by atoms with van der Waals surface area (Å²) in [6, 6.07) is 7.58. The SMILES string of the molecule is CNC(c1cc(C)nc(C)c1)c1cccc(F)c1F. The predicted octanol–water partition coefficient (Wildman–Crippen LogP) is 3.29. The van der Waals surface area contributed by atoms with Crippen molar-refractivity contribution >= 4 is 0 Å². The average molecular weight is 262 g/mol. The van der Waals surface area contributed by atoms with Crippen molar-refractivity contribution < 1.29 is 8.78 Å². The van der Waals surface area contributed by atoms with E-state index in [0.717, 1.165) is 23.0 Å². The van der Waals surface area contributed by atoms with Crippen LogP contribution in [0.3, 0.4) is 0 Å². The quantitative estimate of drug-likeness (QED) is 0.918. The van der Waals surface area contributed by atoms with E-state index in [1.165, 1.54) is 6.07 Å². The molecule has 1 aromatic heterocycles. The van der Waals surface area contributed by atoms with E-state index in [4.69, 9.17) is 0 Å². The number of aryl methyl sites for hydroxylation is 2. The molecule has 2 nitrogen and oxygen atoms in total. The second kappa shape index (κ2) is 5.45. The Morgan fingerprint density at radius 1 is 1.11 bits per heavy atom. The molecule has 0 saturated carbocycles. The minimum absolute atomic E-state index is 0.299. The Labute approximate surface area is 111 Å². The van der Waals surface area contributed by atoms with Gasteiger partial charge in [0.2, 0.25) is 0 Å². The zero-order valence-corrected chi connectivity index (χ0v) is 11.2. The number of nitrogens with one attached hydrogen (secondary N) is 1. The maximum absolute atomic E-state index is 13.9. The summed E-state index contributed by atoms with van der Waals surface area (Å²) >= 11 is 0. The van der Waals surface area contributed by atoms with Crippen LogP contribution in [0, 0.1) is 25.5 Å². The van der Waals surface area contributed by atoms with Crippen molar-refractivity contribution in [3.63, 3.8) is 0 Å². The number of hydrogen-bond acceptors (Lipinski definition) is 2. The van der Waals surface area contributed by atoms with E-state index in [2.05, 4.69) is 10.3 Å². The number of hydrogen-bond donors (Lipinski definition) is 1. The molecule has 4 heteroatoms. The molecule has 19 heavy (non-hydrogen) atoms. The highest BCUT2D eigenvalue weighted by atomic mass is 19.2. The molecule has 2 rings (SSSR count). The Morgan fingerprint density at radius 3 is 2.32 bits per heavy atom. The third kappa shape index (κ3) is 2.79. The molecular formula is C15H16F2N2. The Hall–Kier alpha value is -1.81. The second-order valence-electron chi connectivity index (χ2n) is 4.55. The van der Waals surface area contributed by atoms with Gasteiger partial charge in [-0.05, 0) is 44.7 Å². The highest BCUT2D eigenvalue weighted by Gasteiger charge is 2.19. The number of nitrogens with zero attached hydrogens (tertiary/aromatic N) is 1. The molecule has 0 aliphatic rings. The number of halogens is 2. The topological polar surface area (TPSA) is 24.9 Å². The Kier molecular flexibility index (Phi) is 3.90. The minimum Gasteiger partial charge on any atom is -0.309 e. The molecular weight excluding hydrogens is 246 g/mol. The van der Waals surface area contributed by atoms with Crippen molar-refractivity contribution in [3.8, 4) is 0 Å². The summed E-state index contributed by atoms with van der Waals surface area (Å²) in [5.74, 6) is -1.64. The van der Waals surface area contributed by atoms with Crippen LogP contribution in [0.15, 0.2) is 30.3 Å². The summed E-state index contributed by atoms with van der Waals surface area (Å²) in [6.45, 7) is 3.76. The van der Waals surface area contributed by atoms with Gasteiger partial charge in [0.05, 0.1) is 6.04 Å². The number of aromatic nitrogens is 1. The fraction of sp³-hybridized carbons (Fsp3) is 0.267. The highest BCUT2D eigenvalue weighted by molar-refractivity contribution is 5.34. The second-order valence-corrected chi connectivity index (χ2v) is 4.55. The summed E-state index contributed by atoms with van der Waals surface area (Å²) in [5.41, 5.74) is 2.88. The molecule has 1 heterocycles. The molecule has 1 N–H and O–H groups in total. The van der Waals surface area contributed by atoms with Crippen molar-refractivity contribution in [2.24, 2.45) is 0 Å². The molecule has 0 spiro atoms. The smallest absolute Gasteiger partial charge is 0.163 e. The van der Waals surface area contributed by atoms with E-state index in [0.29, 0.717) is 5.56 Å². The molecule has 2 aromatic rings. The number of pyridine rings is 1. The Balaban J connectivity index is 2.53. The van der Waals surface area contributed by atoms with Gasteiger partial charge in [-0.3, -0.25) is 4.98 Å². The van der Waals surface area contributed by atoms with Gasteiger partial charge in [0.25, 0.3) is 0 Å². The molecule has 0 radical (unpaired) electrons. The molecule has 0 amide bonds. The fourth-order valence-electron chi connectivity index (χ4n) is 2.28. The largest absolute Gasteiger partial charge is 0.309 e. The number of benzene rings is 1. The molecule has 0 bridgehead atoms. The normalized spacial score (nSPS) is 12.5. The van der Waals surface area contributed by atoms with Crippen molar-refractivity contribution in [1.29, 1.82) is 0 Å². The molecule has 0 aliphatic heterocycles. The van der Waals surface area contributed by atoms with Gasteiger partial charge in [0.1, 0.15) is 0 Å². The maximum Gasteiger partial charge on any atom is 0.163 e. The van der Waals surface area contributed by atoms with E-state index >= 15 is 0 Å². The molecule has 0 aliphatic carbocycles. The lowest BCUT2D eigenvalue weighted by atomic mass is 9.97. The van der Waals surface area contributed by atoms with Crippen LogP contribution in [0.5, 0.6) is 0 Å².